The van der Waals surface area contributed by atoms with Crippen LogP contribution in [0, 0.1) is 5.82 Å². The van der Waals surface area contributed by atoms with Crippen LogP contribution in [0.15, 0.2) is 160 Å². The van der Waals surface area contributed by atoms with Gasteiger partial charge in [-0.25, -0.2) is 4.39 Å². The summed E-state index contributed by atoms with van der Waals surface area (Å²) in [7, 11) is 0. The van der Waals surface area contributed by atoms with Gasteiger partial charge in [0.05, 0.1) is 0 Å². The van der Waals surface area contributed by atoms with Gasteiger partial charge in [0.15, 0.2) is 0 Å². The Morgan fingerprint density at radius 2 is 0.735 bits per heavy atom. The Hall–Kier alpha value is -6.45. The zero-order valence-electron chi connectivity index (χ0n) is 26.1. The van der Waals surface area contributed by atoms with Crippen molar-refractivity contribution < 1.29 is 13.2 Å². The molecule has 11 rings (SSSR count). The van der Waals surface area contributed by atoms with Crippen LogP contribution in [-0.2, 0) is 0 Å². The highest BCUT2D eigenvalue weighted by Gasteiger charge is 2.22. The molecule has 11 aromatic rings. The van der Waals surface area contributed by atoms with Crippen molar-refractivity contribution in [1.29, 1.82) is 0 Å². The van der Waals surface area contributed by atoms with E-state index >= 15 is 4.39 Å². The fourth-order valence-electron chi connectivity index (χ4n) is 8.10. The van der Waals surface area contributed by atoms with Gasteiger partial charge in [-0.1, -0.05) is 109 Å². The fourth-order valence-corrected chi connectivity index (χ4v) is 8.10. The summed E-state index contributed by atoms with van der Waals surface area (Å²) in [6, 6.07) is 51.4. The molecule has 228 valence electrons. The number of rotatable bonds is 2. The van der Waals surface area contributed by atoms with Gasteiger partial charge in [0.25, 0.3) is 0 Å². The van der Waals surface area contributed by atoms with Gasteiger partial charge in [-0.3, -0.25) is 0 Å². The van der Waals surface area contributed by atoms with Crippen molar-refractivity contribution in [2.45, 2.75) is 0 Å². The number of hydrogen-bond donors (Lipinski definition) is 0. The number of benzene rings is 9. The van der Waals surface area contributed by atoms with Crippen LogP contribution in [0.4, 0.5) is 4.39 Å². The molecule has 2 nitrogen and oxygen atoms in total. The number of furan rings is 2. The maximum absolute atomic E-state index is 16.0. The predicted molar refractivity (Wildman–Crippen MR) is 202 cm³/mol. The first-order chi connectivity index (χ1) is 24.2. The highest BCUT2D eigenvalue weighted by molar-refractivity contribution is 6.30. The molecule has 0 amide bonds. The van der Waals surface area contributed by atoms with Crippen LogP contribution in [0.1, 0.15) is 0 Å². The molecule has 0 N–H and O–H groups in total. The molecule has 0 unspecified atom stereocenters. The molecule has 2 heterocycles. The van der Waals surface area contributed by atoms with E-state index in [0.29, 0.717) is 0 Å². The Morgan fingerprint density at radius 1 is 0.347 bits per heavy atom. The Labute approximate surface area is 279 Å². The maximum Gasteiger partial charge on any atom is 0.143 e. The molecule has 49 heavy (non-hydrogen) atoms. The SMILES string of the molecule is Fc1cc(-c2cc3ccccc3c3c2oc2ccc4ccccc4c23)cc(-c2cc3ccccc3c3c2oc2ccc4ccccc4c23)c1. The highest BCUT2D eigenvalue weighted by atomic mass is 19.1. The summed E-state index contributed by atoms with van der Waals surface area (Å²) in [5.41, 5.74) is 6.32. The second-order valence-corrected chi connectivity index (χ2v) is 13.0. The minimum atomic E-state index is -0.321. The van der Waals surface area contributed by atoms with Crippen LogP contribution in [0.5, 0.6) is 0 Å². The lowest BCUT2D eigenvalue weighted by Gasteiger charge is -2.11. The molecule has 0 atom stereocenters. The van der Waals surface area contributed by atoms with Crippen LogP contribution in [0.3, 0.4) is 0 Å². The molecule has 0 bridgehead atoms. The van der Waals surface area contributed by atoms with Gasteiger partial charge in [-0.2, -0.15) is 0 Å². The molecule has 0 radical (unpaired) electrons. The summed E-state index contributed by atoms with van der Waals surface area (Å²) in [5, 5.41) is 13.2. The first-order valence-corrected chi connectivity index (χ1v) is 16.5. The van der Waals surface area contributed by atoms with Gasteiger partial charge >= 0.3 is 0 Å². The minimum absolute atomic E-state index is 0.321. The molecule has 0 aliphatic carbocycles. The molecule has 0 aliphatic rings. The first kappa shape index (κ1) is 26.6. The van der Waals surface area contributed by atoms with Crippen LogP contribution in [0.2, 0.25) is 0 Å². The van der Waals surface area contributed by atoms with Crippen molar-refractivity contribution in [1.82, 2.24) is 0 Å². The number of hydrogen-bond acceptors (Lipinski definition) is 2. The second kappa shape index (κ2) is 9.79. The summed E-state index contributed by atoms with van der Waals surface area (Å²) < 4.78 is 29.4. The van der Waals surface area contributed by atoms with Gasteiger partial charge < -0.3 is 8.83 Å². The lowest BCUT2D eigenvalue weighted by atomic mass is 9.91. The summed E-state index contributed by atoms with van der Waals surface area (Å²) in [6.07, 6.45) is 0. The second-order valence-electron chi connectivity index (χ2n) is 13.0. The van der Waals surface area contributed by atoms with Crippen LogP contribution in [0.25, 0.3) is 109 Å². The van der Waals surface area contributed by atoms with E-state index in [1.807, 2.05) is 24.3 Å². The van der Waals surface area contributed by atoms with E-state index in [1.165, 1.54) is 0 Å². The first-order valence-electron chi connectivity index (χ1n) is 16.5. The monoisotopic (exact) mass is 628 g/mol. The maximum atomic E-state index is 16.0. The third kappa shape index (κ3) is 3.76. The van der Waals surface area contributed by atoms with Gasteiger partial charge in [0.2, 0.25) is 0 Å². The van der Waals surface area contributed by atoms with Crippen LogP contribution >= 0.6 is 0 Å². The Kier molecular flexibility index (Phi) is 5.31. The van der Waals surface area contributed by atoms with Crippen molar-refractivity contribution in [2.75, 3.05) is 0 Å². The van der Waals surface area contributed by atoms with E-state index in [-0.39, 0.29) is 5.82 Å². The predicted octanol–water partition coefficient (Wildman–Crippen LogP) is 13.6. The Balaban J connectivity index is 1.24. The van der Waals surface area contributed by atoms with E-state index in [2.05, 4.69) is 115 Å². The van der Waals surface area contributed by atoms with E-state index in [4.69, 9.17) is 8.83 Å². The molecular formula is C46H25FO2. The zero-order chi connectivity index (χ0) is 32.2. The van der Waals surface area contributed by atoms with Crippen molar-refractivity contribution in [2.24, 2.45) is 0 Å². The third-order valence-electron chi connectivity index (χ3n) is 10.2. The zero-order valence-corrected chi connectivity index (χ0v) is 26.1. The average molecular weight is 629 g/mol. The van der Waals surface area contributed by atoms with Crippen molar-refractivity contribution in [3.05, 3.63) is 157 Å². The lowest BCUT2D eigenvalue weighted by molar-refractivity contribution is 0.628. The fraction of sp³-hybridized carbons (Fsp3) is 0. The summed E-state index contributed by atoms with van der Waals surface area (Å²) in [4.78, 5) is 0. The van der Waals surface area contributed by atoms with Crippen molar-refractivity contribution >= 4 is 87.0 Å². The van der Waals surface area contributed by atoms with Gasteiger partial charge in [-0.15, -0.1) is 0 Å². The molecule has 2 aromatic heterocycles. The number of halogens is 1. The standard InChI is InChI=1S/C46H25FO2/c47-32-22-30(37-24-28-11-3-7-15-35(28)43-41-33-13-5-1-9-26(33)17-19-39(41)48-45(37)43)21-31(23-32)38-25-29-12-4-8-16-36(29)44-42-34-14-6-2-10-27(34)18-20-40(42)49-46(38)44/h1-25H. The molecule has 0 saturated carbocycles. The molecular weight excluding hydrogens is 604 g/mol. The third-order valence-corrected chi connectivity index (χ3v) is 10.2. The summed E-state index contributed by atoms with van der Waals surface area (Å²) in [6.45, 7) is 0. The molecule has 0 fully saturated rings. The van der Waals surface area contributed by atoms with E-state index in [1.54, 1.807) is 12.1 Å². The van der Waals surface area contributed by atoms with Crippen LogP contribution < -0.4 is 0 Å². The average Bonchev–Trinajstić information content (AvgIpc) is 3.74. The Morgan fingerprint density at radius 3 is 1.18 bits per heavy atom. The Bertz CT molecular complexity index is 2970. The summed E-state index contributed by atoms with van der Waals surface area (Å²) in [5.74, 6) is -0.321. The van der Waals surface area contributed by atoms with Crippen LogP contribution in [-0.4, -0.2) is 0 Å². The van der Waals surface area contributed by atoms with Gasteiger partial charge in [0.1, 0.15) is 28.1 Å². The minimum Gasteiger partial charge on any atom is -0.455 e. The molecule has 0 saturated heterocycles. The smallest absolute Gasteiger partial charge is 0.143 e. The topological polar surface area (TPSA) is 26.3 Å². The lowest BCUT2D eigenvalue weighted by Crippen LogP contribution is -1.88. The van der Waals surface area contributed by atoms with Gasteiger partial charge in [0, 0.05) is 32.7 Å². The molecule has 3 heteroatoms. The van der Waals surface area contributed by atoms with Gasteiger partial charge in [-0.05, 0) is 96.7 Å². The van der Waals surface area contributed by atoms with Crippen molar-refractivity contribution in [3.63, 3.8) is 0 Å². The van der Waals surface area contributed by atoms with E-state index in [9.17, 15) is 0 Å². The largest absolute Gasteiger partial charge is 0.455 e. The van der Waals surface area contributed by atoms with E-state index in [0.717, 1.165) is 109 Å². The quantitative estimate of drug-likeness (QED) is 0.190. The summed E-state index contributed by atoms with van der Waals surface area (Å²) >= 11 is 0. The molecule has 0 aliphatic heterocycles. The normalized spacial score (nSPS) is 12.2. The molecule has 9 aromatic carbocycles. The highest BCUT2D eigenvalue weighted by Crippen LogP contribution is 2.46. The van der Waals surface area contributed by atoms with E-state index < -0.39 is 0 Å². The van der Waals surface area contributed by atoms with Crippen molar-refractivity contribution in [3.8, 4) is 22.3 Å². The number of fused-ring (bicyclic) bond motifs is 14. The molecule has 0 spiro atoms.